The standard InChI is InChI=1S/C9H6BrNS2/c10-8-5-13-9(11-8)6-3-1-2-4-7(6)12/h1-3,5H,4H2. The van der Waals surface area contributed by atoms with Gasteiger partial charge in [-0.1, -0.05) is 30.4 Å². The van der Waals surface area contributed by atoms with E-state index in [2.05, 4.69) is 27.0 Å². The van der Waals surface area contributed by atoms with E-state index in [4.69, 9.17) is 12.2 Å². The maximum Gasteiger partial charge on any atom is 0.125 e. The van der Waals surface area contributed by atoms with Gasteiger partial charge in [0.15, 0.2) is 0 Å². The first-order valence-corrected chi connectivity index (χ1v) is 5.87. The largest absolute Gasteiger partial charge is 0.229 e. The number of thiocarbonyl (C=S) groups is 1. The summed E-state index contributed by atoms with van der Waals surface area (Å²) in [5.41, 5.74) is 1.09. The van der Waals surface area contributed by atoms with Crippen LogP contribution in [-0.4, -0.2) is 9.85 Å². The van der Waals surface area contributed by atoms with E-state index in [0.29, 0.717) is 0 Å². The van der Waals surface area contributed by atoms with Gasteiger partial charge >= 0.3 is 0 Å². The van der Waals surface area contributed by atoms with Crippen LogP contribution in [-0.2, 0) is 0 Å². The van der Waals surface area contributed by atoms with Crippen LogP contribution < -0.4 is 0 Å². The summed E-state index contributed by atoms with van der Waals surface area (Å²) in [5.74, 6) is 0. The topological polar surface area (TPSA) is 12.9 Å². The second-order valence-corrected chi connectivity index (χ2v) is 4.77. The summed E-state index contributed by atoms with van der Waals surface area (Å²) in [5, 5.41) is 2.97. The highest BCUT2D eigenvalue weighted by molar-refractivity contribution is 9.10. The van der Waals surface area contributed by atoms with E-state index >= 15 is 0 Å². The summed E-state index contributed by atoms with van der Waals surface area (Å²) in [7, 11) is 0. The van der Waals surface area contributed by atoms with E-state index in [1.54, 1.807) is 11.3 Å². The average Bonchev–Trinajstić information content (AvgIpc) is 2.53. The van der Waals surface area contributed by atoms with Gasteiger partial charge in [-0.25, -0.2) is 4.98 Å². The number of rotatable bonds is 1. The Hall–Kier alpha value is -0.320. The smallest absolute Gasteiger partial charge is 0.125 e. The summed E-state index contributed by atoms with van der Waals surface area (Å²) < 4.78 is 0.880. The lowest BCUT2D eigenvalue weighted by Gasteiger charge is -2.06. The van der Waals surface area contributed by atoms with Crippen LogP contribution in [0.1, 0.15) is 11.4 Å². The van der Waals surface area contributed by atoms with Crippen LogP contribution in [0, 0.1) is 0 Å². The van der Waals surface area contributed by atoms with Crippen LogP contribution in [0.4, 0.5) is 0 Å². The van der Waals surface area contributed by atoms with Gasteiger partial charge in [-0.05, 0) is 15.9 Å². The fourth-order valence-electron chi connectivity index (χ4n) is 1.11. The molecule has 2 rings (SSSR count). The van der Waals surface area contributed by atoms with Crippen molar-refractivity contribution in [2.24, 2.45) is 0 Å². The first kappa shape index (κ1) is 9.24. The number of hydrogen-bond donors (Lipinski definition) is 0. The zero-order valence-electron chi connectivity index (χ0n) is 6.66. The third kappa shape index (κ3) is 1.95. The van der Waals surface area contributed by atoms with Gasteiger partial charge in [-0.3, -0.25) is 0 Å². The second kappa shape index (κ2) is 3.82. The number of aromatic nitrogens is 1. The number of nitrogens with zero attached hydrogens (tertiary/aromatic N) is 1. The summed E-state index contributed by atoms with van der Waals surface area (Å²) in [4.78, 5) is 5.31. The second-order valence-electron chi connectivity index (χ2n) is 2.61. The molecule has 0 bridgehead atoms. The molecule has 0 radical (unpaired) electrons. The number of hydrogen-bond acceptors (Lipinski definition) is 3. The highest BCUT2D eigenvalue weighted by Gasteiger charge is 2.11. The predicted octanol–water partition coefficient (Wildman–Crippen LogP) is 3.62. The van der Waals surface area contributed by atoms with Crippen molar-refractivity contribution in [3.05, 3.63) is 33.2 Å². The lowest BCUT2D eigenvalue weighted by molar-refractivity contribution is 1.33. The minimum Gasteiger partial charge on any atom is -0.229 e. The van der Waals surface area contributed by atoms with E-state index < -0.39 is 0 Å². The Morgan fingerprint density at radius 1 is 1.54 bits per heavy atom. The summed E-state index contributed by atoms with van der Waals surface area (Å²) in [6, 6.07) is 0. The fourth-order valence-corrected chi connectivity index (χ4v) is 2.74. The molecule has 1 aromatic heterocycles. The molecule has 0 N–H and O–H groups in total. The van der Waals surface area contributed by atoms with Gasteiger partial charge in [0.1, 0.15) is 9.61 Å². The van der Waals surface area contributed by atoms with E-state index in [0.717, 1.165) is 26.5 Å². The highest BCUT2D eigenvalue weighted by Crippen LogP contribution is 2.26. The van der Waals surface area contributed by atoms with Gasteiger partial charge < -0.3 is 0 Å². The fraction of sp³-hybridized carbons (Fsp3) is 0.111. The molecule has 0 saturated carbocycles. The van der Waals surface area contributed by atoms with Crippen LogP contribution in [0.2, 0.25) is 0 Å². The molecule has 0 spiro atoms. The lowest BCUT2D eigenvalue weighted by atomic mass is 10.1. The molecule has 0 saturated heterocycles. The van der Waals surface area contributed by atoms with Gasteiger partial charge in [-0.15, -0.1) is 11.3 Å². The van der Waals surface area contributed by atoms with Crippen LogP contribution >= 0.6 is 39.5 Å². The molecule has 1 aromatic rings. The number of halogens is 1. The molecule has 0 fully saturated rings. The molecule has 0 amide bonds. The molecule has 4 heteroatoms. The Kier molecular flexibility index (Phi) is 2.71. The van der Waals surface area contributed by atoms with Crippen molar-refractivity contribution in [2.45, 2.75) is 6.42 Å². The van der Waals surface area contributed by atoms with Gasteiger partial charge in [0.05, 0.1) is 0 Å². The zero-order chi connectivity index (χ0) is 9.26. The van der Waals surface area contributed by atoms with Gasteiger partial charge in [0, 0.05) is 22.2 Å². The lowest BCUT2D eigenvalue weighted by Crippen LogP contribution is -1.99. The maximum absolute atomic E-state index is 5.25. The monoisotopic (exact) mass is 271 g/mol. The van der Waals surface area contributed by atoms with Crippen molar-refractivity contribution < 1.29 is 0 Å². The Balaban J connectivity index is 2.40. The molecule has 0 unspecified atom stereocenters. The third-order valence-electron chi connectivity index (χ3n) is 1.71. The minimum atomic E-state index is 0.859. The van der Waals surface area contributed by atoms with E-state index in [1.165, 1.54) is 0 Å². The normalized spacial score (nSPS) is 16.1. The summed E-state index contributed by atoms with van der Waals surface area (Å²) in [6.45, 7) is 0. The predicted molar refractivity (Wildman–Crippen MR) is 64.1 cm³/mol. The molecule has 0 aromatic carbocycles. The molecule has 1 aliphatic carbocycles. The van der Waals surface area contributed by atoms with Crippen molar-refractivity contribution in [2.75, 3.05) is 0 Å². The van der Waals surface area contributed by atoms with E-state index in [1.807, 2.05) is 17.5 Å². The number of allylic oxidation sites excluding steroid dienone is 4. The zero-order valence-corrected chi connectivity index (χ0v) is 9.88. The van der Waals surface area contributed by atoms with Crippen LogP contribution in [0.15, 0.2) is 28.2 Å². The van der Waals surface area contributed by atoms with Gasteiger partial charge in [0.25, 0.3) is 0 Å². The summed E-state index contributed by atoms with van der Waals surface area (Å²) >= 11 is 10.2. The Bertz CT molecular complexity index is 404. The first-order chi connectivity index (χ1) is 6.27. The Labute approximate surface area is 94.3 Å². The summed E-state index contributed by atoms with van der Waals surface area (Å²) in [6.07, 6.45) is 6.98. The molecule has 1 nitrogen and oxygen atoms in total. The Morgan fingerprint density at radius 3 is 3.00 bits per heavy atom. The molecule has 13 heavy (non-hydrogen) atoms. The van der Waals surface area contributed by atoms with Crippen molar-refractivity contribution in [3.63, 3.8) is 0 Å². The third-order valence-corrected chi connectivity index (χ3v) is 3.68. The molecule has 66 valence electrons. The molecule has 1 heterocycles. The van der Waals surface area contributed by atoms with Crippen LogP contribution in [0.5, 0.6) is 0 Å². The number of thiazole rings is 1. The molecule has 1 aliphatic rings. The van der Waals surface area contributed by atoms with Crippen molar-refractivity contribution in [1.29, 1.82) is 0 Å². The van der Waals surface area contributed by atoms with Gasteiger partial charge in [0.2, 0.25) is 0 Å². The van der Waals surface area contributed by atoms with Crippen molar-refractivity contribution in [1.82, 2.24) is 4.98 Å². The molecule has 0 aliphatic heterocycles. The van der Waals surface area contributed by atoms with Gasteiger partial charge in [-0.2, -0.15) is 0 Å². The quantitative estimate of drug-likeness (QED) is 0.724. The molecular formula is C9H6BrNS2. The van der Waals surface area contributed by atoms with E-state index in [-0.39, 0.29) is 0 Å². The van der Waals surface area contributed by atoms with Crippen molar-refractivity contribution >= 4 is 49.9 Å². The average molecular weight is 272 g/mol. The van der Waals surface area contributed by atoms with Crippen LogP contribution in [0.25, 0.3) is 5.57 Å². The maximum atomic E-state index is 5.25. The Morgan fingerprint density at radius 2 is 2.38 bits per heavy atom. The molecule has 0 atom stereocenters. The highest BCUT2D eigenvalue weighted by atomic mass is 79.9. The minimum absolute atomic E-state index is 0.859. The first-order valence-electron chi connectivity index (χ1n) is 3.79. The SMILES string of the molecule is S=C1CC=CC=C1c1nc(Br)cs1. The van der Waals surface area contributed by atoms with E-state index in [9.17, 15) is 0 Å². The van der Waals surface area contributed by atoms with Crippen molar-refractivity contribution in [3.8, 4) is 0 Å². The molecular weight excluding hydrogens is 266 g/mol. The van der Waals surface area contributed by atoms with Crippen LogP contribution in [0.3, 0.4) is 0 Å².